The maximum atomic E-state index is 4.45. The van der Waals surface area contributed by atoms with Crippen molar-refractivity contribution in [3.8, 4) is 0 Å². The molecule has 0 aliphatic carbocycles. The Morgan fingerprint density at radius 3 is 3.00 bits per heavy atom. The van der Waals surface area contributed by atoms with Gasteiger partial charge in [-0.15, -0.1) is 0 Å². The first kappa shape index (κ1) is 13.3. The molecule has 19 heavy (non-hydrogen) atoms. The van der Waals surface area contributed by atoms with Crippen LogP contribution in [0.15, 0.2) is 17.6 Å². The van der Waals surface area contributed by atoms with Crippen LogP contribution in [0.5, 0.6) is 0 Å². The van der Waals surface area contributed by atoms with E-state index < -0.39 is 0 Å². The fourth-order valence-corrected chi connectivity index (χ4v) is 3.70. The Bertz CT molecular complexity index is 408. The summed E-state index contributed by atoms with van der Waals surface area (Å²) in [7, 11) is 0. The van der Waals surface area contributed by atoms with E-state index in [9.17, 15) is 0 Å². The lowest BCUT2D eigenvalue weighted by molar-refractivity contribution is 0.243. The van der Waals surface area contributed by atoms with Gasteiger partial charge in [0.1, 0.15) is 0 Å². The SMILES string of the molecule is CCCSc1ncc(CN2CCC3CNCC32)cn1. The second-order valence-electron chi connectivity index (χ2n) is 5.47. The van der Waals surface area contributed by atoms with Gasteiger partial charge in [-0.05, 0) is 31.8 Å². The zero-order chi connectivity index (χ0) is 13.1. The van der Waals surface area contributed by atoms with Crippen LogP contribution in [0.4, 0.5) is 0 Å². The third-order valence-electron chi connectivity index (χ3n) is 4.06. The van der Waals surface area contributed by atoms with Gasteiger partial charge in [-0.3, -0.25) is 4.90 Å². The average molecular weight is 278 g/mol. The summed E-state index contributed by atoms with van der Waals surface area (Å²) < 4.78 is 0. The summed E-state index contributed by atoms with van der Waals surface area (Å²) in [5.74, 6) is 1.96. The molecule has 1 N–H and O–H groups in total. The van der Waals surface area contributed by atoms with Gasteiger partial charge >= 0.3 is 0 Å². The van der Waals surface area contributed by atoms with Crippen LogP contribution in [-0.2, 0) is 6.54 Å². The van der Waals surface area contributed by atoms with E-state index >= 15 is 0 Å². The fraction of sp³-hybridized carbons (Fsp3) is 0.714. The highest BCUT2D eigenvalue weighted by Crippen LogP contribution is 2.28. The molecule has 0 bridgehead atoms. The summed E-state index contributed by atoms with van der Waals surface area (Å²) in [5.41, 5.74) is 1.24. The number of rotatable bonds is 5. The van der Waals surface area contributed by atoms with E-state index in [1.165, 1.54) is 31.5 Å². The predicted octanol–water partition coefficient (Wildman–Crippen LogP) is 1.77. The van der Waals surface area contributed by atoms with Gasteiger partial charge in [0.25, 0.3) is 0 Å². The minimum Gasteiger partial charge on any atom is -0.315 e. The summed E-state index contributed by atoms with van der Waals surface area (Å²) in [4.78, 5) is 11.5. The largest absolute Gasteiger partial charge is 0.315 e. The van der Waals surface area contributed by atoms with Crippen LogP contribution >= 0.6 is 11.8 Å². The number of nitrogens with zero attached hydrogens (tertiary/aromatic N) is 3. The Morgan fingerprint density at radius 1 is 1.37 bits per heavy atom. The van der Waals surface area contributed by atoms with Crippen LogP contribution < -0.4 is 5.32 Å². The predicted molar refractivity (Wildman–Crippen MR) is 78.2 cm³/mol. The lowest BCUT2D eigenvalue weighted by Gasteiger charge is -2.22. The van der Waals surface area contributed by atoms with Crippen molar-refractivity contribution in [2.24, 2.45) is 5.92 Å². The van der Waals surface area contributed by atoms with Gasteiger partial charge in [0.2, 0.25) is 0 Å². The standard InChI is InChI=1S/C14H22N4S/c1-2-5-19-14-16-6-11(7-17-14)10-18-4-3-12-8-15-9-13(12)18/h6-7,12-13,15H,2-5,8-10H2,1H3. The Balaban J connectivity index is 1.57. The molecule has 2 atom stereocenters. The van der Waals surface area contributed by atoms with Crippen molar-refractivity contribution < 1.29 is 0 Å². The van der Waals surface area contributed by atoms with Crippen LogP contribution in [0.2, 0.25) is 0 Å². The van der Waals surface area contributed by atoms with Crippen molar-refractivity contribution >= 4 is 11.8 Å². The highest BCUT2D eigenvalue weighted by molar-refractivity contribution is 7.99. The Labute approximate surface area is 119 Å². The molecule has 0 saturated carbocycles. The molecule has 0 radical (unpaired) electrons. The number of hydrogen-bond donors (Lipinski definition) is 1. The van der Waals surface area contributed by atoms with Crippen molar-refractivity contribution in [1.82, 2.24) is 20.2 Å². The molecule has 0 amide bonds. The number of fused-ring (bicyclic) bond motifs is 1. The lowest BCUT2D eigenvalue weighted by atomic mass is 10.1. The molecular weight excluding hydrogens is 256 g/mol. The summed E-state index contributed by atoms with van der Waals surface area (Å²) in [5, 5.41) is 4.41. The van der Waals surface area contributed by atoms with E-state index in [0.717, 1.165) is 36.0 Å². The van der Waals surface area contributed by atoms with E-state index in [2.05, 4.69) is 27.1 Å². The molecule has 104 valence electrons. The number of aromatic nitrogens is 2. The topological polar surface area (TPSA) is 41.1 Å². The van der Waals surface area contributed by atoms with Gasteiger partial charge in [0.05, 0.1) is 0 Å². The molecule has 2 aliphatic heterocycles. The maximum Gasteiger partial charge on any atom is 0.187 e. The number of thioether (sulfide) groups is 1. The molecule has 1 aromatic rings. The van der Waals surface area contributed by atoms with Crippen molar-refractivity contribution in [1.29, 1.82) is 0 Å². The van der Waals surface area contributed by atoms with Crippen molar-refractivity contribution in [3.05, 3.63) is 18.0 Å². The normalized spacial score (nSPS) is 26.8. The van der Waals surface area contributed by atoms with E-state index in [1.807, 2.05) is 12.4 Å². The van der Waals surface area contributed by atoms with Crippen LogP contribution in [-0.4, -0.2) is 46.3 Å². The van der Waals surface area contributed by atoms with Gasteiger partial charge in [-0.1, -0.05) is 18.7 Å². The Morgan fingerprint density at radius 2 is 2.21 bits per heavy atom. The minimum atomic E-state index is 0.731. The molecule has 3 heterocycles. The molecule has 2 unspecified atom stereocenters. The van der Waals surface area contributed by atoms with Crippen LogP contribution in [0.25, 0.3) is 0 Å². The zero-order valence-corrected chi connectivity index (χ0v) is 12.3. The van der Waals surface area contributed by atoms with Crippen molar-refractivity contribution in [2.45, 2.75) is 37.5 Å². The zero-order valence-electron chi connectivity index (χ0n) is 11.5. The molecular formula is C14H22N4S. The first-order chi connectivity index (χ1) is 9.36. The monoisotopic (exact) mass is 278 g/mol. The van der Waals surface area contributed by atoms with Gasteiger partial charge in [-0.2, -0.15) is 0 Å². The summed E-state index contributed by atoms with van der Waals surface area (Å²) in [6.45, 7) is 6.76. The second kappa shape index (κ2) is 6.20. The van der Waals surface area contributed by atoms with E-state index in [0.29, 0.717) is 0 Å². The van der Waals surface area contributed by atoms with Gasteiger partial charge in [0, 0.05) is 42.8 Å². The molecule has 4 nitrogen and oxygen atoms in total. The molecule has 2 aliphatic rings. The average Bonchev–Trinajstić information content (AvgIpc) is 3.03. The van der Waals surface area contributed by atoms with Gasteiger partial charge in [-0.25, -0.2) is 9.97 Å². The smallest absolute Gasteiger partial charge is 0.187 e. The van der Waals surface area contributed by atoms with Crippen LogP contribution in [0.3, 0.4) is 0 Å². The molecule has 3 rings (SSSR count). The molecule has 0 spiro atoms. The number of nitrogens with one attached hydrogen (secondary N) is 1. The van der Waals surface area contributed by atoms with Crippen LogP contribution in [0, 0.1) is 5.92 Å². The maximum absolute atomic E-state index is 4.45. The lowest BCUT2D eigenvalue weighted by Crippen LogP contribution is -2.33. The first-order valence-electron chi connectivity index (χ1n) is 7.25. The second-order valence-corrected chi connectivity index (χ2v) is 6.53. The third-order valence-corrected chi connectivity index (χ3v) is 5.14. The summed E-state index contributed by atoms with van der Waals surface area (Å²) in [6.07, 6.45) is 6.50. The minimum absolute atomic E-state index is 0.731. The summed E-state index contributed by atoms with van der Waals surface area (Å²) >= 11 is 1.74. The first-order valence-corrected chi connectivity index (χ1v) is 8.24. The Kier molecular flexibility index (Phi) is 4.35. The highest BCUT2D eigenvalue weighted by Gasteiger charge is 2.37. The molecule has 5 heteroatoms. The third kappa shape index (κ3) is 3.09. The van der Waals surface area contributed by atoms with E-state index in [1.54, 1.807) is 11.8 Å². The fourth-order valence-electron chi connectivity index (χ4n) is 3.06. The van der Waals surface area contributed by atoms with Crippen LogP contribution in [0.1, 0.15) is 25.3 Å². The van der Waals surface area contributed by atoms with E-state index in [4.69, 9.17) is 0 Å². The van der Waals surface area contributed by atoms with Gasteiger partial charge in [0.15, 0.2) is 5.16 Å². The molecule has 2 saturated heterocycles. The van der Waals surface area contributed by atoms with E-state index in [-0.39, 0.29) is 0 Å². The molecule has 1 aromatic heterocycles. The molecule has 2 fully saturated rings. The number of hydrogen-bond acceptors (Lipinski definition) is 5. The van der Waals surface area contributed by atoms with Crippen molar-refractivity contribution in [3.63, 3.8) is 0 Å². The molecule has 0 aromatic carbocycles. The van der Waals surface area contributed by atoms with Crippen molar-refractivity contribution in [2.75, 3.05) is 25.4 Å². The summed E-state index contributed by atoms with van der Waals surface area (Å²) in [6, 6.07) is 0.731. The highest BCUT2D eigenvalue weighted by atomic mass is 32.2. The van der Waals surface area contributed by atoms with Gasteiger partial charge < -0.3 is 5.32 Å². The quantitative estimate of drug-likeness (QED) is 0.657. The number of likely N-dealkylation sites (tertiary alicyclic amines) is 1. The Hall–Kier alpha value is -0.650.